The van der Waals surface area contributed by atoms with Gasteiger partial charge in [-0.05, 0) is 53.1 Å². The molecule has 3 aromatic carbocycles. The van der Waals surface area contributed by atoms with Crippen LogP contribution < -0.4 is 4.90 Å². The number of carbonyl (C=O) groups is 3. The molecule has 0 atom stereocenters. The minimum absolute atomic E-state index is 0.409. The third-order valence-electron chi connectivity index (χ3n) is 4.92. The van der Waals surface area contributed by atoms with Crippen LogP contribution in [0.1, 0.15) is 16.7 Å². The summed E-state index contributed by atoms with van der Waals surface area (Å²) in [7, 11) is 0. The van der Waals surface area contributed by atoms with Crippen molar-refractivity contribution in [2.45, 2.75) is 0 Å². The van der Waals surface area contributed by atoms with Crippen LogP contribution in [0.5, 0.6) is 0 Å². The van der Waals surface area contributed by atoms with Gasteiger partial charge in [-0.15, -0.1) is 0 Å². The summed E-state index contributed by atoms with van der Waals surface area (Å²) in [5, 5.41) is 0. The van der Waals surface area contributed by atoms with E-state index in [0.717, 1.165) is 52.6 Å². The number of rotatable bonds is 9. The fourth-order valence-corrected chi connectivity index (χ4v) is 3.13. The van der Waals surface area contributed by atoms with E-state index in [1.807, 2.05) is 77.7 Å². The lowest BCUT2D eigenvalue weighted by molar-refractivity contribution is -0.104. The largest absolute Gasteiger partial charge is 0.311 e. The van der Waals surface area contributed by atoms with Crippen molar-refractivity contribution in [1.82, 2.24) is 0 Å². The standard InChI is InChI=1S/C27H21NO3/c1-19(16-29)22-4-10-25(11-5-22)28(26-12-6-23(7-13-26)20(2)17-30)27-14-8-24(9-15-27)21(3)18-31/h4-18H,1-3H2. The van der Waals surface area contributed by atoms with E-state index in [1.54, 1.807) is 0 Å². The van der Waals surface area contributed by atoms with Gasteiger partial charge in [0, 0.05) is 33.8 Å². The minimum atomic E-state index is 0.409. The quantitative estimate of drug-likeness (QED) is 0.333. The number of allylic oxidation sites excluding steroid dienone is 3. The Morgan fingerprint density at radius 1 is 0.484 bits per heavy atom. The highest BCUT2D eigenvalue weighted by molar-refractivity contribution is 6.07. The van der Waals surface area contributed by atoms with Gasteiger partial charge in [-0.1, -0.05) is 56.1 Å². The molecule has 0 bridgehead atoms. The second-order valence-electron chi connectivity index (χ2n) is 6.91. The number of hydrogen-bond donors (Lipinski definition) is 0. The lowest BCUT2D eigenvalue weighted by atomic mass is 10.0. The summed E-state index contributed by atoms with van der Waals surface area (Å²) in [5.74, 6) is 0. The van der Waals surface area contributed by atoms with Crippen molar-refractivity contribution in [3.8, 4) is 0 Å². The Morgan fingerprint density at radius 2 is 0.710 bits per heavy atom. The number of benzene rings is 3. The zero-order valence-corrected chi connectivity index (χ0v) is 17.0. The van der Waals surface area contributed by atoms with Crippen molar-refractivity contribution in [2.75, 3.05) is 4.90 Å². The molecule has 0 aliphatic rings. The van der Waals surface area contributed by atoms with Crippen molar-refractivity contribution in [2.24, 2.45) is 0 Å². The average Bonchev–Trinajstić information content (AvgIpc) is 2.84. The highest BCUT2D eigenvalue weighted by atomic mass is 16.1. The van der Waals surface area contributed by atoms with Crippen molar-refractivity contribution >= 4 is 52.6 Å². The van der Waals surface area contributed by atoms with Crippen molar-refractivity contribution in [3.05, 3.63) is 109 Å². The van der Waals surface area contributed by atoms with Gasteiger partial charge in [0.25, 0.3) is 0 Å². The van der Waals surface area contributed by atoms with Crippen molar-refractivity contribution < 1.29 is 14.4 Å². The third kappa shape index (κ3) is 4.65. The maximum atomic E-state index is 11.0. The molecule has 3 aromatic rings. The highest BCUT2D eigenvalue weighted by Gasteiger charge is 2.13. The molecule has 0 unspecified atom stereocenters. The molecule has 0 radical (unpaired) electrons. The van der Waals surface area contributed by atoms with Crippen LogP contribution >= 0.6 is 0 Å². The Morgan fingerprint density at radius 3 is 0.903 bits per heavy atom. The molecule has 0 saturated carbocycles. The Balaban J connectivity index is 2.07. The third-order valence-corrected chi connectivity index (χ3v) is 4.92. The maximum Gasteiger partial charge on any atom is 0.150 e. The first-order chi connectivity index (χ1) is 15.0. The molecule has 0 aromatic heterocycles. The van der Waals surface area contributed by atoms with Crippen LogP contribution in [0, 0.1) is 0 Å². The Kier molecular flexibility index (Phi) is 6.53. The Bertz CT molecular complexity index is 1000. The molecule has 0 saturated heterocycles. The smallest absolute Gasteiger partial charge is 0.150 e. The van der Waals surface area contributed by atoms with E-state index in [0.29, 0.717) is 16.7 Å². The van der Waals surface area contributed by atoms with Gasteiger partial charge in [0.15, 0.2) is 0 Å². The van der Waals surface area contributed by atoms with Gasteiger partial charge in [0.2, 0.25) is 0 Å². The lowest BCUT2D eigenvalue weighted by Crippen LogP contribution is -2.10. The van der Waals surface area contributed by atoms with E-state index in [9.17, 15) is 14.4 Å². The molecule has 152 valence electrons. The molecule has 31 heavy (non-hydrogen) atoms. The van der Waals surface area contributed by atoms with E-state index in [-0.39, 0.29) is 0 Å². The Hall–Kier alpha value is -4.31. The van der Waals surface area contributed by atoms with Crippen LogP contribution in [0.15, 0.2) is 92.5 Å². The van der Waals surface area contributed by atoms with E-state index in [4.69, 9.17) is 0 Å². The van der Waals surface area contributed by atoms with Crippen molar-refractivity contribution in [1.29, 1.82) is 0 Å². The molecule has 0 heterocycles. The molecule has 0 aliphatic carbocycles. The molecule has 4 nitrogen and oxygen atoms in total. The highest BCUT2D eigenvalue weighted by Crippen LogP contribution is 2.35. The fourth-order valence-electron chi connectivity index (χ4n) is 3.13. The molecule has 0 fully saturated rings. The van der Waals surface area contributed by atoms with Crippen LogP contribution in [-0.4, -0.2) is 18.9 Å². The SMILES string of the molecule is C=C(C=O)c1ccc(N(c2ccc(C(=C)C=O)cc2)c2ccc(C(=C)C=O)cc2)cc1. The zero-order valence-electron chi connectivity index (χ0n) is 17.0. The summed E-state index contributed by atoms with van der Waals surface area (Å²) in [5.41, 5.74) is 6.06. The van der Waals surface area contributed by atoms with Crippen LogP contribution in [-0.2, 0) is 14.4 Å². The molecule has 0 amide bonds. The van der Waals surface area contributed by atoms with Crippen molar-refractivity contribution in [3.63, 3.8) is 0 Å². The topological polar surface area (TPSA) is 54.5 Å². The van der Waals surface area contributed by atoms with Crippen LogP contribution in [0.4, 0.5) is 17.1 Å². The maximum absolute atomic E-state index is 11.0. The summed E-state index contributed by atoms with van der Waals surface area (Å²) >= 11 is 0. The summed E-state index contributed by atoms with van der Waals surface area (Å²) < 4.78 is 0. The van der Waals surface area contributed by atoms with Gasteiger partial charge in [-0.3, -0.25) is 14.4 Å². The van der Waals surface area contributed by atoms with E-state index >= 15 is 0 Å². The molecule has 4 heteroatoms. The predicted molar refractivity (Wildman–Crippen MR) is 126 cm³/mol. The number of aldehydes is 3. The number of nitrogens with zero attached hydrogens (tertiary/aromatic N) is 1. The average molecular weight is 407 g/mol. The van der Waals surface area contributed by atoms with Gasteiger partial charge in [0.05, 0.1) is 0 Å². The molecule has 0 aliphatic heterocycles. The van der Waals surface area contributed by atoms with Crippen LogP contribution in [0.2, 0.25) is 0 Å². The zero-order chi connectivity index (χ0) is 22.4. The van der Waals surface area contributed by atoms with E-state index < -0.39 is 0 Å². The van der Waals surface area contributed by atoms with Crippen LogP contribution in [0.3, 0.4) is 0 Å². The van der Waals surface area contributed by atoms with Gasteiger partial charge in [-0.2, -0.15) is 0 Å². The Labute approximate surface area is 181 Å². The fraction of sp³-hybridized carbons (Fsp3) is 0. The summed E-state index contributed by atoms with van der Waals surface area (Å²) in [6, 6.07) is 22.4. The van der Waals surface area contributed by atoms with Gasteiger partial charge in [0.1, 0.15) is 18.9 Å². The number of carbonyl (C=O) groups excluding carboxylic acids is 3. The summed E-state index contributed by atoms with van der Waals surface area (Å²) in [6.07, 6.45) is 2.18. The first-order valence-corrected chi connectivity index (χ1v) is 9.52. The van der Waals surface area contributed by atoms with E-state index in [2.05, 4.69) is 19.7 Å². The molecule has 3 rings (SSSR count). The van der Waals surface area contributed by atoms with Gasteiger partial charge < -0.3 is 4.90 Å². The first-order valence-electron chi connectivity index (χ1n) is 9.52. The first kappa shape index (κ1) is 21.4. The minimum Gasteiger partial charge on any atom is -0.311 e. The normalized spacial score (nSPS) is 10.1. The van der Waals surface area contributed by atoms with Gasteiger partial charge >= 0.3 is 0 Å². The number of hydrogen-bond acceptors (Lipinski definition) is 4. The van der Waals surface area contributed by atoms with E-state index in [1.165, 1.54) is 0 Å². The lowest BCUT2D eigenvalue weighted by Gasteiger charge is -2.26. The molecule has 0 N–H and O–H groups in total. The van der Waals surface area contributed by atoms with Gasteiger partial charge in [-0.25, -0.2) is 0 Å². The number of anilines is 3. The van der Waals surface area contributed by atoms with Crippen LogP contribution in [0.25, 0.3) is 16.7 Å². The predicted octanol–water partition coefficient (Wildman–Crippen LogP) is 5.79. The molecular formula is C27H21NO3. The summed E-state index contributed by atoms with van der Waals surface area (Å²) in [4.78, 5) is 35.1. The monoisotopic (exact) mass is 407 g/mol. The summed E-state index contributed by atoms with van der Waals surface area (Å²) in [6.45, 7) is 11.2. The second kappa shape index (κ2) is 9.46. The second-order valence-corrected chi connectivity index (χ2v) is 6.91. The molecule has 0 spiro atoms. The molecular weight excluding hydrogens is 386 g/mol.